The van der Waals surface area contributed by atoms with E-state index < -0.39 is 0 Å². The van der Waals surface area contributed by atoms with E-state index in [1.165, 1.54) is 16.3 Å². The van der Waals surface area contributed by atoms with Crippen LogP contribution in [0.5, 0.6) is 5.75 Å². The summed E-state index contributed by atoms with van der Waals surface area (Å²) in [5.41, 5.74) is 1.04. The number of para-hydroxylation sites is 1. The third kappa shape index (κ3) is 4.14. The number of ether oxygens (including phenoxy) is 1. The summed E-state index contributed by atoms with van der Waals surface area (Å²) in [6.07, 6.45) is 1.64. The van der Waals surface area contributed by atoms with Gasteiger partial charge in [-0.3, -0.25) is 14.2 Å². The van der Waals surface area contributed by atoms with Crippen LogP contribution in [0.15, 0.2) is 69.5 Å². The van der Waals surface area contributed by atoms with E-state index in [2.05, 4.69) is 27.5 Å². The number of benzene rings is 2. The van der Waals surface area contributed by atoms with E-state index >= 15 is 0 Å². The van der Waals surface area contributed by atoms with Crippen LogP contribution in [-0.4, -0.2) is 28.2 Å². The van der Waals surface area contributed by atoms with Crippen molar-refractivity contribution < 1.29 is 9.53 Å². The fourth-order valence-corrected chi connectivity index (χ4v) is 4.04. The van der Waals surface area contributed by atoms with Gasteiger partial charge in [-0.25, -0.2) is 4.98 Å². The molecule has 0 bridgehead atoms. The zero-order chi connectivity index (χ0) is 19.4. The van der Waals surface area contributed by atoms with Gasteiger partial charge < -0.3 is 4.74 Å². The summed E-state index contributed by atoms with van der Waals surface area (Å²) in [4.78, 5) is 29.9. The zero-order valence-corrected chi connectivity index (χ0v) is 17.0. The van der Waals surface area contributed by atoms with Crippen molar-refractivity contribution in [2.24, 2.45) is 0 Å². The van der Waals surface area contributed by atoms with Crippen molar-refractivity contribution in [1.82, 2.24) is 9.55 Å². The van der Waals surface area contributed by atoms with Gasteiger partial charge in [0.2, 0.25) is 0 Å². The predicted octanol–water partition coefficient (Wildman–Crippen LogP) is 4.33. The molecule has 0 atom stereocenters. The number of ketones is 1. The standard InChI is InChI=1S/C20H17BrN2O3S/c1-3-10-23-19(25)14-6-4-5-7-16(14)22-20(23)27-12-17(24)13-8-9-18(26-2)15(21)11-13/h3-9,11H,1,10,12H2,2H3. The number of carbonyl (C=O) groups excluding carboxylic acids is 1. The third-order valence-corrected chi connectivity index (χ3v) is 5.54. The van der Waals surface area contributed by atoms with Crippen LogP contribution in [-0.2, 0) is 6.54 Å². The first-order chi connectivity index (χ1) is 13.0. The molecule has 7 heteroatoms. The lowest BCUT2D eigenvalue weighted by Gasteiger charge is -2.11. The van der Waals surface area contributed by atoms with Gasteiger partial charge in [-0.1, -0.05) is 30.0 Å². The van der Waals surface area contributed by atoms with Gasteiger partial charge in [0, 0.05) is 12.1 Å². The van der Waals surface area contributed by atoms with E-state index in [1.54, 1.807) is 43.5 Å². The first-order valence-corrected chi connectivity index (χ1v) is 9.93. The van der Waals surface area contributed by atoms with Crippen LogP contribution in [0.1, 0.15) is 10.4 Å². The summed E-state index contributed by atoms with van der Waals surface area (Å²) in [6, 6.07) is 12.4. The molecule has 5 nitrogen and oxygen atoms in total. The molecule has 1 aromatic heterocycles. The molecule has 0 radical (unpaired) electrons. The second-order valence-corrected chi connectivity index (χ2v) is 7.47. The van der Waals surface area contributed by atoms with E-state index in [4.69, 9.17) is 4.74 Å². The molecule has 0 spiro atoms. The van der Waals surface area contributed by atoms with E-state index in [0.717, 1.165) is 0 Å². The topological polar surface area (TPSA) is 61.2 Å². The number of fused-ring (bicyclic) bond motifs is 1. The number of rotatable bonds is 7. The van der Waals surface area contributed by atoms with Crippen molar-refractivity contribution in [3.05, 3.63) is 75.5 Å². The zero-order valence-electron chi connectivity index (χ0n) is 14.6. The molecule has 2 aromatic carbocycles. The number of hydrogen-bond acceptors (Lipinski definition) is 5. The highest BCUT2D eigenvalue weighted by Gasteiger charge is 2.14. The Hall–Kier alpha value is -2.38. The van der Waals surface area contributed by atoms with Crippen LogP contribution in [0.2, 0.25) is 0 Å². The summed E-state index contributed by atoms with van der Waals surface area (Å²) < 4.78 is 7.44. The maximum absolute atomic E-state index is 12.7. The Labute approximate surface area is 169 Å². The highest BCUT2D eigenvalue weighted by atomic mass is 79.9. The van der Waals surface area contributed by atoms with Crippen molar-refractivity contribution in [3.8, 4) is 5.75 Å². The minimum atomic E-state index is -0.136. The van der Waals surface area contributed by atoms with Crippen LogP contribution in [0.25, 0.3) is 10.9 Å². The minimum Gasteiger partial charge on any atom is -0.496 e. The highest BCUT2D eigenvalue weighted by molar-refractivity contribution is 9.10. The summed E-state index contributed by atoms with van der Waals surface area (Å²) >= 11 is 4.63. The number of hydrogen-bond donors (Lipinski definition) is 0. The fraction of sp³-hybridized carbons (Fsp3) is 0.150. The molecule has 0 fully saturated rings. The van der Waals surface area contributed by atoms with Crippen LogP contribution in [0, 0.1) is 0 Å². The Morgan fingerprint density at radius 2 is 2.11 bits per heavy atom. The molecule has 1 heterocycles. The van der Waals surface area contributed by atoms with Gasteiger partial charge in [-0.15, -0.1) is 6.58 Å². The molecule has 3 aromatic rings. The number of Topliss-reactive ketones (excluding diaryl/α,β-unsaturated/α-hetero) is 1. The quantitative estimate of drug-likeness (QED) is 0.235. The SMILES string of the molecule is C=CCn1c(SCC(=O)c2ccc(OC)c(Br)c2)nc2ccccc2c1=O. The molecule has 27 heavy (non-hydrogen) atoms. The average Bonchev–Trinajstić information content (AvgIpc) is 2.68. The summed E-state index contributed by atoms with van der Waals surface area (Å²) in [6.45, 7) is 4.04. The number of halogens is 1. The molecule has 0 amide bonds. The van der Waals surface area contributed by atoms with Crippen LogP contribution >= 0.6 is 27.7 Å². The monoisotopic (exact) mass is 444 g/mol. The lowest BCUT2D eigenvalue weighted by molar-refractivity contribution is 0.102. The Balaban J connectivity index is 1.88. The first kappa shape index (κ1) is 19.4. The molecule has 3 rings (SSSR count). The minimum absolute atomic E-state index is 0.0593. The maximum atomic E-state index is 12.7. The van der Waals surface area contributed by atoms with E-state index in [1.807, 2.05) is 12.1 Å². The first-order valence-electron chi connectivity index (χ1n) is 8.15. The molecular weight excluding hydrogens is 428 g/mol. The third-order valence-electron chi connectivity index (χ3n) is 3.94. The Bertz CT molecular complexity index is 1080. The molecule has 0 aliphatic heterocycles. The molecule has 0 aliphatic carbocycles. The van der Waals surface area contributed by atoms with Crippen LogP contribution < -0.4 is 10.3 Å². The van der Waals surface area contributed by atoms with E-state index in [0.29, 0.717) is 38.4 Å². The van der Waals surface area contributed by atoms with Crippen LogP contribution in [0.3, 0.4) is 0 Å². The Kier molecular flexibility index (Phi) is 6.13. The van der Waals surface area contributed by atoms with E-state index in [-0.39, 0.29) is 17.1 Å². The molecule has 0 aliphatic rings. The van der Waals surface area contributed by atoms with Crippen molar-refractivity contribution in [2.75, 3.05) is 12.9 Å². The summed E-state index contributed by atoms with van der Waals surface area (Å²) in [5, 5.41) is 1.05. The number of nitrogens with zero attached hydrogens (tertiary/aromatic N) is 2. The number of aromatic nitrogens is 2. The van der Waals surface area contributed by atoms with Gasteiger partial charge >= 0.3 is 0 Å². The molecular formula is C20H17BrN2O3S. The summed E-state index contributed by atoms with van der Waals surface area (Å²) in [5.74, 6) is 0.770. The molecule has 0 unspecified atom stereocenters. The largest absolute Gasteiger partial charge is 0.496 e. The van der Waals surface area contributed by atoms with E-state index in [9.17, 15) is 9.59 Å². The average molecular weight is 445 g/mol. The molecule has 138 valence electrons. The lowest BCUT2D eigenvalue weighted by Crippen LogP contribution is -2.23. The van der Waals surface area contributed by atoms with Gasteiger partial charge in [0.1, 0.15) is 5.75 Å². The van der Waals surface area contributed by atoms with Crippen molar-refractivity contribution >= 4 is 44.4 Å². The van der Waals surface area contributed by atoms with Crippen molar-refractivity contribution in [1.29, 1.82) is 0 Å². The van der Waals surface area contributed by atoms with Crippen molar-refractivity contribution in [2.45, 2.75) is 11.7 Å². The number of methoxy groups -OCH3 is 1. The second kappa shape index (κ2) is 8.54. The smallest absolute Gasteiger partial charge is 0.262 e. The van der Waals surface area contributed by atoms with Crippen LogP contribution in [0.4, 0.5) is 0 Å². The predicted molar refractivity (Wildman–Crippen MR) is 112 cm³/mol. The van der Waals surface area contributed by atoms with Gasteiger partial charge in [0.15, 0.2) is 10.9 Å². The molecule has 0 saturated carbocycles. The highest BCUT2D eigenvalue weighted by Crippen LogP contribution is 2.27. The normalized spacial score (nSPS) is 10.7. The summed E-state index contributed by atoms with van der Waals surface area (Å²) in [7, 11) is 1.57. The fourth-order valence-electron chi connectivity index (χ4n) is 2.60. The van der Waals surface area contributed by atoms with Gasteiger partial charge in [0.05, 0.1) is 28.2 Å². The molecule has 0 N–H and O–H groups in total. The van der Waals surface area contributed by atoms with Gasteiger partial charge in [-0.05, 0) is 46.3 Å². The Morgan fingerprint density at radius 3 is 2.81 bits per heavy atom. The number of thioether (sulfide) groups is 1. The Morgan fingerprint density at radius 1 is 1.33 bits per heavy atom. The van der Waals surface area contributed by atoms with Gasteiger partial charge in [0.25, 0.3) is 5.56 Å². The number of carbonyl (C=O) groups is 1. The van der Waals surface area contributed by atoms with Gasteiger partial charge in [-0.2, -0.15) is 0 Å². The molecule has 0 saturated heterocycles. The second-order valence-electron chi connectivity index (χ2n) is 5.68. The lowest BCUT2D eigenvalue weighted by atomic mass is 10.1. The maximum Gasteiger partial charge on any atom is 0.262 e. The van der Waals surface area contributed by atoms with Crippen molar-refractivity contribution in [3.63, 3.8) is 0 Å². The number of allylic oxidation sites excluding steroid dienone is 1.